The topological polar surface area (TPSA) is 96.9 Å². The van der Waals surface area contributed by atoms with Crippen LogP contribution in [0.15, 0.2) is 60.7 Å². The van der Waals surface area contributed by atoms with Gasteiger partial charge < -0.3 is 14.8 Å². The van der Waals surface area contributed by atoms with Gasteiger partial charge in [0.1, 0.15) is 5.78 Å². The highest BCUT2D eigenvalue weighted by atomic mass is 35.5. The summed E-state index contributed by atoms with van der Waals surface area (Å²) < 4.78 is 11.6. The summed E-state index contributed by atoms with van der Waals surface area (Å²) >= 11 is 14.3. The predicted octanol–water partition coefficient (Wildman–Crippen LogP) is 7.46. The van der Waals surface area contributed by atoms with Gasteiger partial charge in [0.25, 0.3) is 0 Å². The van der Waals surface area contributed by atoms with Crippen molar-refractivity contribution in [1.29, 1.82) is 0 Å². The average molecular weight is 741 g/mol. The number of methoxy groups -OCH3 is 2. The molecule has 3 saturated heterocycles. The maximum absolute atomic E-state index is 12.0. The zero-order chi connectivity index (χ0) is 36.0. The lowest BCUT2D eigenvalue weighted by molar-refractivity contribution is -0.120. The number of nitrogens with one attached hydrogen (secondary N) is 1. The second kappa shape index (κ2) is 14.1. The van der Waals surface area contributed by atoms with Crippen LogP contribution in [0, 0.1) is 10.8 Å². The molecule has 3 aliphatic heterocycles. The summed E-state index contributed by atoms with van der Waals surface area (Å²) in [4.78, 5) is 38.5. The summed E-state index contributed by atoms with van der Waals surface area (Å²) in [7, 11) is 3.29. The first kappa shape index (κ1) is 35.0. The molecule has 2 aromatic carbocycles. The Bertz CT molecular complexity index is 1910. The van der Waals surface area contributed by atoms with E-state index in [1.165, 1.54) is 0 Å². The number of likely N-dealkylation sites (tertiary alicyclic amines) is 2. The van der Waals surface area contributed by atoms with Crippen molar-refractivity contribution in [1.82, 2.24) is 25.1 Å². The van der Waals surface area contributed by atoms with Crippen molar-refractivity contribution in [3.63, 3.8) is 0 Å². The molecule has 8 rings (SSSR count). The fraction of sp³-hybridized carbons (Fsp3) is 0.415. The van der Waals surface area contributed by atoms with Crippen LogP contribution in [0.4, 0.5) is 0 Å². The number of amides is 1. The van der Waals surface area contributed by atoms with Crippen LogP contribution in [0.3, 0.4) is 0 Å². The third-order valence-electron chi connectivity index (χ3n) is 11.6. The Morgan fingerprint density at radius 3 is 1.69 bits per heavy atom. The quantitative estimate of drug-likeness (QED) is 0.189. The van der Waals surface area contributed by atoms with E-state index < -0.39 is 0 Å². The molecule has 1 aliphatic carbocycles. The number of carbonyl (C=O) groups is 2. The van der Waals surface area contributed by atoms with Crippen LogP contribution in [0.2, 0.25) is 10.0 Å². The van der Waals surface area contributed by atoms with E-state index in [2.05, 4.69) is 27.2 Å². The summed E-state index contributed by atoms with van der Waals surface area (Å²) in [6, 6.07) is 19.9. The minimum Gasteiger partial charge on any atom is -0.481 e. The molecule has 0 bridgehead atoms. The van der Waals surface area contributed by atoms with Crippen molar-refractivity contribution in [3.8, 4) is 45.4 Å². The Morgan fingerprint density at radius 1 is 0.692 bits per heavy atom. The number of ketones is 1. The largest absolute Gasteiger partial charge is 0.481 e. The summed E-state index contributed by atoms with van der Waals surface area (Å²) in [5.74, 6) is 1.67. The minimum absolute atomic E-state index is 0.0340. The first-order valence-corrected chi connectivity index (χ1v) is 18.8. The molecule has 1 amide bonds. The first-order valence-electron chi connectivity index (χ1n) is 18.1. The Balaban J connectivity index is 1.02. The van der Waals surface area contributed by atoms with Gasteiger partial charge in [0, 0.05) is 90.8 Å². The number of hydrogen-bond acceptors (Lipinski definition) is 8. The van der Waals surface area contributed by atoms with Gasteiger partial charge in [-0.2, -0.15) is 0 Å². The van der Waals surface area contributed by atoms with Crippen molar-refractivity contribution < 1.29 is 19.1 Å². The first-order chi connectivity index (χ1) is 25.2. The monoisotopic (exact) mass is 739 g/mol. The SMILES string of the molecule is COc1nc(-c2cccc(-c3cccc(-c4ccc(CN5CCC6(CNC(=O)C6)C5)c(OC)n4)c3Cl)c2Cl)ccc1CN1CCC2(CCC(=O)C2)C1. The molecule has 4 aromatic rings. The smallest absolute Gasteiger partial charge is 0.220 e. The lowest BCUT2D eigenvalue weighted by Gasteiger charge is -2.23. The third kappa shape index (κ3) is 6.68. The van der Waals surface area contributed by atoms with Gasteiger partial charge in [0.05, 0.1) is 35.7 Å². The summed E-state index contributed by atoms with van der Waals surface area (Å²) in [5, 5.41) is 4.09. The van der Waals surface area contributed by atoms with Crippen LogP contribution in [0.5, 0.6) is 11.8 Å². The summed E-state index contributed by atoms with van der Waals surface area (Å²) in [5.41, 5.74) is 6.72. The molecule has 0 radical (unpaired) electrons. The van der Waals surface area contributed by atoms with Crippen molar-refractivity contribution >= 4 is 34.9 Å². The highest BCUT2D eigenvalue weighted by Gasteiger charge is 2.44. The van der Waals surface area contributed by atoms with E-state index in [1.807, 2.05) is 48.5 Å². The number of aromatic nitrogens is 2. The Hall–Kier alpha value is -4.02. The molecule has 2 aromatic heterocycles. The van der Waals surface area contributed by atoms with Crippen LogP contribution in [0.25, 0.3) is 33.6 Å². The number of ether oxygens (including phenoxy) is 2. The molecule has 2 unspecified atom stereocenters. The number of carbonyl (C=O) groups excluding carboxylic acids is 2. The van der Waals surface area contributed by atoms with Gasteiger partial charge in [0.2, 0.25) is 17.7 Å². The molecule has 1 N–H and O–H groups in total. The molecule has 4 fully saturated rings. The lowest BCUT2D eigenvalue weighted by Crippen LogP contribution is -2.29. The normalized spacial score (nSPS) is 23.3. The maximum Gasteiger partial charge on any atom is 0.220 e. The standard InChI is InChI=1S/C41H43Cl2N5O4/c1-51-38-26(21-47-17-15-40(24-47)14-13-28(49)19-40)9-11-33(45-38)31-7-3-5-29(36(31)42)30-6-4-8-32(37(30)43)34-12-10-27(39(46-34)52-2)22-48-18-16-41(25-48)20-35(50)44-23-41/h3-12H,13-25H2,1-2H3,(H,44,50). The zero-order valence-corrected chi connectivity index (χ0v) is 31.2. The molecule has 11 heteroatoms. The number of pyridine rings is 2. The second-order valence-corrected chi connectivity index (χ2v) is 15.9. The number of halogens is 2. The molecule has 9 nitrogen and oxygen atoms in total. The highest BCUT2D eigenvalue weighted by Crippen LogP contribution is 2.46. The van der Waals surface area contributed by atoms with Crippen LogP contribution in [-0.4, -0.2) is 78.4 Å². The second-order valence-electron chi connectivity index (χ2n) is 15.2. The Morgan fingerprint density at radius 2 is 1.21 bits per heavy atom. The van der Waals surface area contributed by atoms with Crippen molar-refractivity contribution in [2.45, 2.75) is 51.6 Å². The molecule has 52 heavy (non-hydrogen) atoms. The van der Waals surface area contributed by atoms with Gasteiger partial charge >= 0.3 is 0 Å². The molecule has 1 saturated carbocycles. The summed E-state index contributed by atoms with van der Waals surface area (Å²) in [6.45, 7) is 5.89. The number of nitrogens with zero attached hydrogens (tertiary/aromatic N) is 4. The Kier molecular flexibility index (Phi) is 9.49. The van der Waals surface area contributed by atoms with Gasteiger partial charge in [-0.15, -0.1) is 0 Å². The van der Waals surface area contributed by atoms with Crippen LogP contribution in [0.1, 0.15) is 49.7 Å². The van der Waals surface area contributed by atoms with E-state index in [9.17, 15) is 9.59 Å². The number of hydrogen-bond donors (Lipinski definition) is 1. The van der Waals surface area contributed by atoms with Crippen molar-refractivity contribution in [3.05, 3.63) is 81.8 Å². The van der Waals surface area contributed by atoms with Crippen molar-refractivity contribution in [2.24, 2.45) is 10.8 Å². The fourth-order valence-corrected chi connectivity index (χ4v) is 9.55. The maximum atomic E-state index is 12.0. The van der Waals surface area contributed by atoms with E-state index in [0.717, 1.165) is 91.9 Å². The van der Waals surface area contributed by atoms with Crippen LogP contribution >= 0.6 is 23.2 Å². The zero-order valence-electron chi connectivity index (χ0n) is 29.6. The van der Waals surface area contributed by atoms with E-state index in [4.69, 9.17) is 42.6 Å². The molecule has 270 valence electrons. The number of rotatable bonds is 9. The molecular weight excluding hydrogens is 697 g/mol. The van der Waals surface area contributed by atoms with Crippen molar-refractivity contribution in [2.75, 3.05) is 46.9 Å². The average Bonchev–Trinajstić information content (AvgIpc) is 3.93. The van der Waals surface area contributed by atoms with E-state index in [0.29, 0.717) is 64.8 Å². The third-order valence-corrected chi connectivity index (χ3v) is 12.4. The van der Waals surface area contributed by atoms with E-state index in [1.54, 1.807) is 14.2 Å². The summed E-state index contributed by atoms with van der Waals surface area (Å²) in [6.07, 6.45) is 5.09. The Labute approximate surface area is 314 Å². The number of benzene rings is 2. The fourth-order valence-electron chi connectivity index (χ4n) is 8.90. The van der Waals surface area contributed by atoms with Crippen LogP contribution < -0.4 is 14.8 Å². The molecular formula is C41H43Cl2N5O4. The minimum atomic E-state index is 0.0340. The molecule has 4 aliphatic rings. The highest BCUT2D eigenvalue weighted by molar-refractivity contribution is 6.39. The van der Waals surface area contributed by atoms with Crippen LogP contribution in [-0.2, 0) is 22.7 Å². The van der Waals surface area contributed by atoms with E-state index >= 15 is 0 Å². The van der Waals surface area contributed by atoms with Gasteiger partial charge in [-0.05, 0) is 49.9 Å². The van der Waals surface area contributed by atoms with Gasteiger partial charge in [-0.1, -0.05) is 71.7 Å². The lowest BCUT2D eigenvalue weighted by atomic mass is 9.85. The van der Waals surface area contributed by atoms with E-state index in [-0.39, 0.29) is 16.7 Å². The number of Topliss-reactive ketones (excluding diaryl/α,β-unsaturated/α-hetero) is 1. The predicted molar refractivity (Wildman–Crippen MR) is 203 cm³/mol. The molecule has 5 heterocycles. The molecule has 2 spiro atoms. The molecule has 2 atom stereocenters. The van der Waals surface area contributed by atoms with Gasteiger partial charge in [-0.25, -0.2) is 9.97 Å². The van der Waals surface area contributed by atoms with Gasteiger partial charge in [-0.3, -0.25) is 19.4 Å². The van der Waals surface area contributed by atoms with Gasteiger partial charge in [0.15, 0.2) is 0 Å².